The highest BCUT2D eigenvalue weighted by Crippen LogP contribution is 2.25. The molecule has 1 N–H and O–H groups in total. The molecule has 0 aliphatic heterocycles. The van der Waals surface area contributed by atoms with Gasteiger partial charge in [-0.2, -0.15) is 4.98 Å². The third-order valence-corrected chi connectivity index (χ3v) is 4.02. The Hall–Kier alpha value is -2.96. The molecule has 0 radical (unpaired) electrons. The molecular weight excluding hydrogens is 320 g/mol. The summed E-state index contributed by atoms with van der Waals surface area (Å²) in [6.45, 7) is 6.09. The summed E-state index contributed by atoms with van der Waals surface area (Å²) in [5.74, 6) is 1.76. The lowest BCUT2D eigenvalue weighted by Gasteiger charge is -2.07. The van der Waals surface area contributed by atoms with Gasteiger partial charge in [-0.25, -0.2) is 0 Å². The molecule has 0 aliphatic rings. The molecule has 1 aromatic carbocycles. The highest BCUT2D eigenvalue weighted by Gasteiger charge is 2.19. The van der Waals surface area contributed by atoms with E-state index < -0.39 is 0 Å². The summed E-state index contributed by atoms with van der Waals surface area (Å²) in [6.07, 6.45) is 0.586. The monoisotopic (exact) mass is 340 g/mol. The first kappa shape index (κ1) is 16.9. The Balaban J connectivity index is 1.58. The second kappa shape index (κ2) is 7.29. The maximum atomic E-state index is 12.0. The van der Waals surface area contributed by atoms with Crippen LogP contribution in [-0.2, 0) is 13.0 Å². The minimum Gasteiger partial charge on any atom is -0.361 e. The summed E-state index contributed by atoms with van der Waals surface area (Å²) in [5, 5.41) is 10.7. The van der Waals surface area contributed by atoms with Crippen LogP contribution in [0, 0.1) is 13.8 Å². The lowest BCUT2D eigenvalue weighted by molar-refractivity contribution is 0.0949. The molecule has 1 amide bonds. The molecule has 7 heteroatoms. The van der Waals surface area contributed by atoms with E-state index in [1.165, 1.54) is 0 Å². The number of carbonyl (C=O) groups excluding carboxylic acids is 1. The fourth-order valence-corrected chi connectivity index (χ4v) is 2.85. The number of nitrogens with one attached hydrogen (secondary N) is 1. The van der Waals surface area contributed by atoms with Crippen molar-refractivity contribution in [2.45, 2.75) is 39.7 Å². The van der Waals surface area contributed by atoms with Crippen molar-refractivity contribution in [1.82, 2.24) is 20.6 Å². The molecule has 7 nitrogen and oxygen atoms in total. The highest BCUT2D eigenvalue weighted by atomic mass is 16.5. The van der Waals surface area contributed by atoms with Gasteiger partial charge in [-0.05, 0) is 31.9 Å². The maximum Gasteiger partial charge on any atom is 0.251 e. The predicted molar refractivity (Wildman–Crippen MR) is 90.0 cm³/mol. The number of carbonyl (C=O) groups is 1. The second-order valence-electron chi connectivity index (χ2n) is 6.00. The fraction of sp³-hybridized carbons (Fsp3) is 0.333. The van der Waals surface area contributed by atoms with Crippen molar-refractivity contribution < 1.29 is 13.8 Å². The summed E-state index contributed by atoms with van der Waals surface area (Å²) in [6, 6.07) is 9.00. The summed E-state index contributed by atoms with van der Waals surface area (Å²) in [4.78, 5) is 16.4. The topological polar surface area (TPSA) is 94.1 Å². The Morgan fingerprint density at radius 3 is 2.60 bits per heavy atom. The number of benzene rings is 1. The lowest BCUT2D eigenvalue weighted by atomic mass is 9.96. The average Bonchev–Trinajstić information content (AvgIpc) is 3.19. The van der Waals surface area contributed by atoms with E-state index in [4.69, 9.17) is 9.05 Å². The normalized spacial score (nSPS) is 12.1. The van der Waals surface area contributed by atoms with Gasteiger partial charge in [0.15, 0.2) is 5.82 Å². The average molecular weight is 340 g/mol. The molecule has 0 bridgehead atoms. The number of rotatable bonds is 6. The van der Waals surface area contributed by atoms with E-state index >= 15 is 0 Å². The SMILES string of the molecule is Cc1noc(C)c1[C@@H](C)Cc1nc(CNC(=O)c2ccccc2)no1. The van der Waals surface area contributed by atoms with Gasteiger partial charge in [0, 0.05) is 17.5 Å². The Kier molecular flexibility index (Phi) is 4.92. The van der Waals surface area contributed by atoms with E-state index in [0.717, 1.165) is 17.0 Å². The molecule has 0 unspecified atom stereocenters. The van der Waals surface area contributed by atoms with E-state index in [0.29, 0.717) is 23.7 Å². The number of hydrogen-bond acceptors (Lipinski definition) is 6. The minimum absolute atomic E-state index is 0.151. The molecule has 2 aromatic heterocycles. The third kappa shape index (κ3) is 3.93. The zero-order valence-electron chi connectivity index (χ0n) is 14.4. The van der Waals surface area contributed by atoms with Crippen molar-refractivity contribution in [2.75, 3.05) is 0 Å². The lowest BCUT2D eigenvalue weighted by Crippen LogP contribution is -2.23. The van der Waals surface area contributed by atoms with Gasteiger partial charge in [0.05, 0.1) is 12.2 Å². The fourth-order valence-electron chi connectivity index (χ4n) is 2.85. The van der Waals surface area contributed by atoms with Gasteiger partial charge in [0.2, 0.25) is 5.89 Å². The molecule has 1 atom stereocenters. The van der Waals surface area contributed by atoms with Crippen molar-refractivity contribution in [3.8, 4) is 0 Å². The van der Waals surface area contributed by atoms with Crippen molar-refractivity contribution in [1.29, 1.82) is 0 Å². The molecular formula is C18H20N4O3. The smallest absolute Gasteiger partial charge is 0.251 e. The number of amides is 1. The molecule has 0 spiro atoms. The Labute approximate surface area is 145 Å². The second-order valence-corrected chi connectivity index (χ2v) is 6.00. The first-order valence-corrected chi connectivity index (χ1v) is 8.12. The Bertz CT molecular complexity index is 835. The Morgan fingerprint density at radius 2 is 1.92 bits per heavy atom. The molecule has 0 fully saturated rings. The maximum absolute atomic E-state index is 12.0. The van der Waals surface area contributed by atoms with Gasteiger partial charge in [0.25, 0.3) is 5.91 Å². The van der Waals surface area contributed by atoms with Gasteiger partial charge in [-0.1, -0.05) is 35.4 Å². The number of nitrogens with zero attached hydrogens (tertiary/aromatic N) is 3. The van der Waals surface area contributed by atoms with Crippen LogP contribution in [0.4, 0.5) is 0 Å². The number of aryl methyl sites for hydroxylation is 2. The van der Waals surface area contributed by atoms with Crippen molar-refractivity contribution >= 4 is 5.91 Å². The highest BCUT2D eigenvalue weighted by molar-refractivity contribution is 5.93. The van der Waals surface area contributed by atoms with Crippen LogP contribution in [0.15, 0.2) is 39.4 Å². The van der Waals surface area contributed by atoms with E-state index in [1.807, 2.05) is 32.0 Å². The van der Waals surface area contributed by atoms with Crippen LogP contribution in [0.3, 0.4) is 0 Å². The zero-order valence-corrected chi connectivity index (χ0v) is 14.4. The van der Waals surface area contributed by atoms with Crippen LogP contribution in [0.2, 0.25) is 0 Å². The Morgan fingerprint density at radius 1 is 1.16 bits per heavy atom. The standard InChI is InChI=1S/C18H20N4O3/c1-11(17-12(2)21-24-13(17)3)9-16-20-15(22-25-16)10-19-18(23)14-7-5-4-6-8-14/h4-8,11H,9-10H2,1-3H3,(H,19,23)/t11-/m0/s1. The molecule has 0 saturated heterocycles. The summed E-state index contributed by atoms with van der Waals surface area (Å²) < 4.78 is 10.5. The molecule has 0 aliphatic carbocycles. The van der Waals surface area contributed by atoms with Crippen LogP contribution in [0.5, 0.6) is 0 Å². The van der Waals surface area contributed by atoms with Crippen LogP contribution < -0.4 is 5.32 Å². The molecule has 130 valence electrons. The first-order valence-electron chi connectivity index (χ1n) is 8.12. The van der Waals surface area contributed by atoms with Crippen LogP contribution in [0.1, 0.15) is 51.9 Å². The van der Waals surface area contributed by atoms with Gasteiger partial charge in [0.1, 0.15) is 5.76 Å². The van der Waals surface area contributed by atoms with Gasteiger partial charge in [-0.3, -0.25) is 4.79 Å². The third-order valence-electron chi connectivity index (χ3n) is 4.02. The summed E-state index contributed by atoms with van der Waals surface area (Å²) >= 11 is 0. The van der Waals surface area contributed by atoms with Gasteiger partial charge < -0.3 is 14.4 Å². The molecule has 3 rings (SSSR count). The predicted octanol–water partition coefficient (Wildman–Crippen LogP) is 2.95. The first-order chi connectivity index (χ1) is 12.0. The summed E-state index contributed by atoms with van der Waals surface area (Å²) in [5.41, 5.74) is 2.54. The van der Waals surface area contributed by atoms with E-state index in [9.17, 15) is 4.79 Å². The van der Waals surface area contributed by atoms with Crippen LogP contribution in [0.25, 0.3) is 0 Å². The van der Waals surface area contributed by atoms with Crippen molar-refractivity contribution in [2.24, 2.45) is 0 Å². The van der Waals surface area contributed by atoms with Gasteiger partial charge >= 0.3 is 0 Å². The largest absolute Gasteiger partial charge is 0.361 e. The van der Waals surface area contributed by atoms with Crippen molar-refractivity contribution in [3.63, 3.8) is 0 Å². The number of hydrogen-bond donors (Lipinski definition) is 1. The molecule has 0 saturated carbocycles. The molecule has 2 heterocycles. The number of aromatic nitrogens is 3. The van der Waals surface area contributed by atoms with E-state index in [1.54, 1.807) is 12.1 Å². The summed E-state index contributed by atoms with van der Waals surface area (Å²) in [7, 11) is 0. The van der Waals surface area contributed by atoms with Crippen LogP contribution in [-0.4, -0.2) is 21.2 Å². The molecule has 3 aromatic rings. The quantitative estimate of drug-likeness (QED) is 0.741. The van der Waals surface area contributed by atoms with E-state index in [-0.39, 0.29) is 18.4 Å². The zero-order chi connectivity index (χ0) is 17.8. The van der Waals surface area contributed by atoms with Crippen LogP contribution >= 0.6 is 0 Å². The minimum atomic E-state index is -0.170. The van der Waals surface area contributed by atoms with E-state index in [2.05, 4.69) is 27.5 Å². The molecule has 25 heavy (non-hydrogen) atoms. The van der Waals surface area contributed by atoms with Gasteiger partial charge in [-0.15, -0.1) is 0 Å². The van der Waals surface area contributed by atoms with Crippen molar-refractivity contribution in [3.05, 3.63) is 64.6 Å².